The Morgan fingerprint density at radius 2 is 2.13 bits per heavy atom. The maximum absolute atomic E-state index is 11.2. The molecule has 0 aromatic rings. The van der Waals surface area contributed by atoms with Crippen molar-refractivity contribution >= 4 is 5.97 Å². The second kappa shape index (κ2) is 3.97. The lowest BCUT2D eigenvalue weighted by Crippen LogP contribution is -2.25. The van der Waals surface area contributed by atoms with Crippen LogP contribution in [0.4, 0.5) is 0 Å². The van der Waals surface area contributed by atoms with E-state index in [-0.39, 0.29) is 12.1 Å². The molecule has 0 aromatic heterocycles. The third kappa shape index (κ3) is 2.07. The van der Waals surface area contributed by atoms with Gasteiger partial charge in [-0.2, -0.15) is 0 Å². The van der Waals surface area contributed by atoms with E-state index in [1.807, 2.05) is 0 Å². The SMILES string of the molecule is C=C(C)C(=O)OCC1CC2CC1CC2O. The van der Waals surface area contributed by atoms with E-state index in [9.17, 15) is 9.90 Å². The van der Waals surface area contributed by atoms with Crippen LogP contribution in [0.3, 0.4) is 0 Å². The molecular weight excluding hydrogens is 192 g/mol. The monoisotopic (exact) mass is 210 g/mol. The number of aliphatic hydroxyl groups is 1. The highest BCUT2D eigenvalue weighted by Crippen LogP contribution is 2.48. The molecule has 15 heavy (non-hydrogen) atoms. The van der Waals surface area contributed by atoms with Crippen molar-refractivity contribution in [2.75, 3.05) is 6.61 Å². The Balaban J connectivity index is 1.79. The van der Waals surface area contributed by atoms with E-state index in [1.165, 1.54) is 0 Å². The van der Waals surface area contributed by atoms with Crippen molar-refractivity contribution in [3.05, 3.63) is 12.2 Å². The van der Waals surface area contributed by atoms with Gasteiger partial charge in [0.05, 0.1) is 12.7 Å². The normalized spacial score (nSPS) is 38.0. The summed E-state index contributed by atoms with van der Waals surface area (Å²) in [5.41, 5.74) is 0.457. The number of esters is 1. The molecule has 0 aromatic carbocycles. The van der Waals surface area contributed by atoms with Gasteiger partial charge in [-0.1, -0.05) is 6.58 Å². The minimum atomic E-state index is -0.293. The molecule has 2 bridgehead atoms. The second-order valence-corrected chi connectivity index (χ2v) is 4.93. The van der Waals surface area contributed by atoms with Crippen LogP contribution in [0.15, 0.2) is 12.2 Å². The zero-order valence-corrected chi connectivity index (χ0v) is 9.11. The lowest BCUT2D eigenvalue weighted by Gasteiger charge is -2.24. The van der Waals surface area contributed by atoms with Gasteiger partial charge in [0.25, 0.3) is 0 Å². The average Bonchev–Trinajstić information content (AvgIpc) is 2.72. The predicted octanol–water partition coefficient (Wildman–Crippen LogP) is 1.51. The van der Waals surface area contributed by atoms with Crippen LogP contribution in [0, 0.1) is 17.8 Å². The first-order chi connectivity index (χ1) is 7.08. The van der Waals surface area contributed by atoms with Gasteiger partial charge in [-0.05, 0) is 43.9 Å². The summed E-state index contributed by atoms with van der Waals surface area (Å²) in [5.74, 6) is 1.17. The van der Waals surface area contributed by atoms with Crippen LogP contribution in [0.5, 0.6) is 0 Å². The fourth-order valence-corrected chi connectivity index (χ4v) is 2.87. The second-order valence-electron chi connectivity index (χ2n) is 4.93. The lowest BCUT2D eigenvalue weighted by atomic mass is 9.88. The lowest BCUT2D eigenvalue weighted by molar-refractivity contribution is -0.141. The van der Waals surface area contributed by atoms with Crippen LogP contribution in [0.1, 0.15) is 26.2 Å². The van der Waals surface area contributed by atoms with Gasteiger partial charge in [0, 0.05) is 5.57 Å². The Morgan fingerprint density at radius 3 is 2.60 bits per heavy atom. The first-order valence-corrected chi connectivity index (χ1v) is 5.58. The summed E-state index contributed by atoms with van der Waals surface area (Å²) in [7, 11) is 0. The Bertz CT molecular complexity index is 283. The number of hydrogen-bond acceptors (Lipinski definition) is 3. The Labute approximate surface area is 90.1 Å². The molecule has 0 amide bonds. The van der Waals surface area contributed by atoms with Gasteiger partial charge in [-0.25, -0.2) is 4.79 Å². The summed E-state index contributed by atoms with van der Waals surface area (Å²) >= 11 is 0. The van der Waals surface area contributed by atoms with E-state index in [0.29, 0.717) is 29.9 Å². The largest absolute Gasteiger partial charge is 0.462 e. The molecule has 4 atom stereocenters. The smallest absolute Gasteiger partial charge is 0.333 e. The Kier molecular flexibility index (Phi) is 2.83. The first-order valence-electron chi connectivity index (χ1n) is 5.58. The molecular formula is C12H18O3. The number of aliphatic hydroxyl groups excluding tert-OH is 1. The highest BCUT2D eigenvalue weighted by atomic mass is 16.5. The van der Waals surface area contributed by atoms with Crippen LogP contribution in [0.25, 0.3) is 0 Å². The third-order valence-electron chi connectivity index (χ3n) is 3.74. The summed E-state index contributed by atoms with van der Waals surface area (Å²) in [6, 6.07) is 0. The quantitative estimate of drug-likeness (QED) is 0.567. The minimum absolute atomic E-state index is 0.108. The van der Waals surface area contributed by atoms with Crippen molar-refractivity contribution in [3.8, 4) is 0 Å². The zero-order chi connectivity index (χ0) is 11.0. The molecule has 0 spiro atoms. The predicted molar refractivity (Wildman–Crippen MR) is 56.1 cm³/mol. The van der Waals surface area contributed by atoms with E-state index >= 15 is 0 Å². The van der Waals surface area contributed by atoms with Crippen molar-refractivity contribution in [1.82, 2.24) is 0 Å². The molecule has 2 saturated carbocycles. The molecule has 3 nitrogen and oxygen atoms in total. The molecule has 2 rings (SSSR count). The zero-order valence-electron chi connectivity index (χ0n) is 9.11. The summed E-state index contributed by atoms with van der Waals surface area (Å²) in [6.45, 7) is 5.70. The minimum Gasteiger partial charge on any atom is -0.462 e. The van der Waals surface area contributed by atoms with E-state index in [0.717, 1.165) is 19.3 Å². The topological polar surface area (TPSA) is 46.5 Å². The molecule has 0 aliphatic heterocycles. The maximum Gasteiger partial charge on any atom is 0.333 e. The standard InChI is InChI=1S/C12H18O3/c1-7(2)12(14)15-6-10-4-9-3-8(10)5-11(9)13/h8-11,13H,1,3-6H2,2H3. The van der Waals surface area contributed by atoms with E-state index < -0.39 is 0 Å². The highest BCUT2D eigenvalue weighted by Gasteiger charge is 2.45. The highest BCUT2D eigenvalue weighted by molar-refractivity contribution is 5.86. The molecule has 3 heteroatoms. The van der Waals surface area contributed by atoms with Gasteiger partial charge in [-0.3, -0.25) is 0 Å². The number of hydrogen-bond donors (Lipinski definition) is 1. The van der Waals surface area contributed by atoms with Crippen LogP contribution < -0.4 is 0 Å². The maximum atomic E-state index is 11.2. The van der Waals surface area contributed by atoms with Crippen LogP contribution >= 0.6 is 0 Å². The molecule has 2 aliphatic carbocycles. The number of fused-ring (bicyclic) bond motifs is 2. The number of carbonyl (C=O) groups excluding carboxylic acids is 1. The van der Waals surface area contributed by atoms with Crippen molar-refractivity contribution in [2.24, 2.45) is 17.8 Å². The van der Waals surface area contributed by atoms with Gasteiger partial charge in [0.1, 0.15) is 0 Å². The van der Waals surface area contributed by atoms with Crippen LogP contribution in [-0.4, -0.2) is 23.8 Å². The van der Waals surface area contributed by atoms with Crippen LogP contribution in [0.2, 0.25) is 0 Å². The number of rotatable bonds is 3. The van der Waals surface area contributed by atoms with Gasteiger partial charge < -0.3 is 9.84 Å². The summed E-state index contributed by atoms with van der Waals surface area (Å²) in [4.78, 5) is 11.2. The van der Waals surface area contributed by atoms with Crippen molar-refractivity contribution in [1.29, 1.82) is 0 Å². The number of ether oxygens (including phenoxy) is 1. The van der Waals surface area contributed by atoms with Crippen molar-refractivity contribution in [3.63, 3.8) is 0 Å². The van der Waals surface area contributed by atoms with Crippen molar-refractivity contribution in [2.45, 2.75) is 32.3 Å². The molecule has 1 N–H and O–H groups in total. The Hall–Kier alpha value is -0.830. The molecule has 2 fully saturated rings. The van der Waals surface area contributed by atoms with Gasteiger partial charge in [0.15, 0.2) is 0 Å². The van der Waals surface area contributed by atoms with Gasteiger partial charge in [0.2, 0.25) is 0 Å². The van der Waals surface area contributed by atoms with E-state index in [4.69, 9.17) is 4.74 Å². The fraction of sp³-hybridized carbons (Fsp3) is 0.750. The average molecular weight is 210 g/mol. The van der Waals surface area contributed by atoms with Gasteiger partial charge >= 0.3 is 5.97 Å². The summed E-state index contributed by atoms with van der Waals surface area (Å²) in [6.07, 6.45) is 2.90. The molecule has 0 saturated heterocycles. The van der Waals surface area contributed by atoms with Crippen LogP contribution in [-0.2, 0) is 9.53 Å². The third-order valence-corrected chi connectivity index (χ3v) is 3.74. The Morgan fingerprint density at radius 1 is 1.40 bits per heavy atom. The van der Waals surface area contributed by atoms with E-state index in [1.54, 1.807) is 6.92 Å². The molecule has 84 valence electrons. The molecule has 2 aliphatic rings. The fourth-order valence-electron chi connectivity index (χ4n) is 2.87. The van der Waals surface area contributed by atoms with Crippen molar-refractivity contribution < 1.29 is 14.6 Å². The first kappa shape index (κ1) is 10.7. The molecule has 4 unspecified atom stereocenters. The number of carbonyl (C=O) groups is 1. The van der Waals surface area contributed by atoms with Gasteiger partial charge in [-0.15, -0.1) is 0 Å². The molecule has 0 radical (unpaired) electrons. The summed E-state index contributed by atoms with van der Waals surface area (Å²) < 4.78 is 5.16. The molecule has 0 heterocycles. The van der Waals surface area contributed by atoms with E-state index in [2.05, 4.69) is 6.58 Å². The summed E-state index contributed by atoms with van der Waals surface area (Å²) in [5, 5.41) is 9.58.